The molecule has 2 heteroatoms. The zero-order valence-corrected chi connectivity index (χ0v) is 8.43. The van der Waals surface area contributed by atoms with E-state index in [0.717, 1.165) is 13.1 Å². The van der Waals surface area contributed by atoms with E-state index < -0.39 is 0 Å². The van der Waals surface area contributed by atoms with Crippen molar-refractivity contribution in [3.05, 3.63) is 34.9 Å². The summed E-state index contributed by atoms with van der Waals surface area (Å²) >= 11 is 0. The highest BCUT2D eigenvalue weighted by molar-refractivity contribution is 5.28. The molecule has 0 heterocycles. The minimum atomic E-state index is 0.699. The van der Waals surface area contributed by atoms with Gasteiger partial charge in [0.25, 0.3) is 0 Å². The van der Waals surface area contributed by atoms with Crippen molar-refractivity contribution in [2.45, 2.75) is 20.4 Å². The smallest absolute Gasteiger partial charge is 0.0206 e. The molecule has 3 N–H and O–H groups in total. The first-order valence-electron chi connectivity index (χ1n) is 4.70. The van der Waals surface area contributed by atoms with E-state index >= 15 is 0 Å². The van der Waals surface area contributed by atoms with Crippen LogP contribution in [0.3, 0.4) is 0 Å². The molecule has 0 aliphatic heterocycles. The molecular formula is C11H18N2. The summed E-state index contributed by atoms with van der Waals surface area (Å²) in [4.78, 5) is 0. The Morgan fingerprint density at radius 2 is 1.77 bits per heavy atom. The Morgan fingerprint density at radius 3 is 2.31 bits per heavy atom. The minimum absolute atomic E-state index is 0.699. The Kier molecular flexibility index (Phi) is 3.93. The summed E-state index contributed by atoms with van der Waals surface area (Å²) in [6.07, 6.45) is 0. The number of nitrogens with one attached hydrogen (secondary N) is 1. The van der Waals surface area contributed by atoms with Gasteiger partial charge in [-0.05, 0) is 19.4 Å². The fraction of sp³-hybridized carbons (Fsp3) is 0.455. The normalized spacial score (nSPS) is 10.4. The quantitative estimate of drug-likeness (QED) is 0.683. The zero-order valence-electron chi connectivity index (χ0n) is 8.43. The Labute approximate surface area is 80.1 Å². The van der Waals surface area contributed by atoms with Gasteiger partial charge in [-0.2, -0.15) is 0 Å². The van der Waals surface area contributed by atoms with Crippen LogP contribution in [0.2, 0.25) is 0 Å². The summed E-state index contributed by atoms with van der Waals surface area (Å²) in [5.41, 5.74) is 9.38. The van der Waals surface area contributed by atoms with Crippen molar-refractivity contribution in [1.82, 2.24) is 5.32 Å². The second-order valence-electron chi connectivity index (χ2n) is 3.46. The van der Waals surface area contributed by atoms with Crippen LogP contribution in [0.25, 0.3) is 0 Å². The highest BCUT2D eigenvalue weighted by atomic mass is 14.9. The van der Waals surface area contributed by atoms with Crippen LogP contribution in [0, 0.1) is 13.8 Å². The molecule has 0 fully saturated rings. The molecule has 0 saturated heterocycles. The van der Waals surface area contributed by atoms with Crippen LogP contribution in [0.15, 0.2) is 18.2 Å². The van der Waals surface area contributed by atoms with Gasteiger partial charge >= 0.3 is 0 Å². The molecule has 1 aromatic rings. The highest BCUT2D eigenvalue weighted by Gasteiger charge is 1.94. The van der Waals surface area contributed by atoms with Crippen LogP contribution in [0.4, 0.5) is 0 Å². The summed E-state index contributed by atoms with van der Waals surface area (Å²) in [7, 11) is 0. The van der Waals surface area contributed by atoms with Crippen molar-refractivity contribution in [3.8, 4) is 0 Å². The Balaban J connectivity index is 2.56. The zero-order chi connectivity index (χ0) is 9.68. The van der Waals surface area contributed by atoms with E-state index in [-0.39, 0.29) is 0 Å². The number of aryl methyl sites for hydroxylation is 2. The molecule has 0 aliphatic rings. The summed E-state index contributed by atoms with van der Waals surface area (Å²) in [6, 6.07) is 6.60. The summed E-state index contributed by atoms with van der Waals surface area (Å²) < 4.78 is 0. The van der Waals surface area contributed by atoms with Gasteiger partial charge in [-0.15, -0.1) is 0 Å². The van der Waals surface area contributed by atoms with Gasteiger partial charge in [0, 0.05) is 19.6 Å². The third kappa shape index (κ3) is 3.57. The van der Waals surface area contributed by atoms with Crippen molar-refractivity contribution in [2.75, 3.05) is 13.1 Å². The van der Waals surface area contributed by atoms with Crippen molar-refractivity contribution in [1.29, 1.82) is 0 Å². The van der Waals surface area contributed by atoms with Gasteiger partial charge in [0.15, 0.2) is 0 Å². The fourth-order valence-electron chi connectivity index (χ4n) is 1.51. The number of benzene rings is 1. The molecule has 13 heavy (non-hydrogen) atoms. The predicted octanol–water partition coefficient (Wildman–Crippen LogP) is 1.35. The number of hydrogen-bond donors (Lipinski definition) is 2. The monoisotopic (exact) mass is 178 g/mol. The van der Waals surface area contributed by atoms with Crippen LogP contribution in [-0.2, 0) is 6.54 Å². The van der Waals surface area contributed by atoms with Crippen LogP contribution in [-0.4, -0.2) is 13.1 Å². The van der Waals surface area contributed by atoms with Gasteiger partial charge in [-0.1, -0.05) is 29.3 Å². The standard InChI is InChI=1S/C11H18N2/c1-9-5-10(2)7-11(6-9)8-13-4-3-12/h5-7,13H,3-4,8,12H2,1-2H3. The second-order valence-corrected chi connectivity index (χ2v) is 3.46. The third-order valence-electron chi connectivity index (χ3n) is 1.93. The van der Waals surface area contributed by atoms with E-state index in [1.54, 1.807) is 0 Å². The van der Waals surface area contributed by atoms with Gasteiger partial charge in [0.2, 0.25) is 0 Å². The first-order valence-corrected chi connectivity index (χ1v) is 4.70. The van der Waals surface area contributed by atoms with E-state index in [1.807, 2.05) is 0 Å². The molecule has 1 rings (SSSR count). The largest absolute Gasteiger partial charge is 0.329 e. The van der Waals surface area contributed by atoms with Gasteiger partial charge < -0.3 is 11.1 Å². The van der Waals surface area contributed by atoms with Crippen LogP contribution >= 0.6 is 0 Å². The average molecular weight is 178 g/mol. The number of nitrogens with two attached hydrogens (primary N) is 1. The highest BCUT2D eigenvalue weighted by Crippen LogP contribution is 2.08. The summed E-state index contributed by atoms with van der Waals surface area (Å²) in [5.74, 6) is 0. The van der Waals surface area contributed by atoms with E-state index in [2.05, 4.69) is 37.4 Å². The molecule has 0 aromatic heterocycles. The molecule has 72 valence electrons. The lowest BCUT2D eigenvalue weighted by Crippen LogP contribution is -2.21. The van der Waals surface area contributed by atoms with Gasteiger partial charge in [0.1, 0.15) is 0 Å². The summed E-state index contributed by atoms with van der Waals surface area (Å²) in [6.45, 7) is 6.75. The van der Waals surface area contributed by atoms with Crippen molar-refractivity contribution in [3.63, 3.8) is 0 Å². The van der Waals surface area contributed by atoms with Crippen LogP contribution < -0.4 is 11.1 Å². The topological polar surface area (TPSA) is 38.0 Å². The lowest BCUT2D eigenvalue weighted by Gasteiger charge is -2.05. The predicted molar refractivity (Wildman–Crippen MR) is 56.7 cm³/mol. The molecule has 0 bridgehead atoms. The number of hydrogen-bond acceptors (Lipinski definition) is 2. The molecule has 2 nitrogen and oxygen atoms in total. The Hall–Kier alpha value is -0.860. The van der Waals surface area contributed by atoms with Gasteiger partial charge in [-0.25, -0.2) is 0 Å². The molecule has 0 saturated carbocycles. The second kappa shape index (κ2) is 5.00. The molecular weight excluding hydrogens is 160 g/mol. The maximum absolute atomic E-state index is 5.39. The minimum Gasteiger partial charge on any atom is -0.329 e. The van der Waals surface area contributed by atoms with Gasteiger partial charge in [0.05, 0.1) is 0 Å². The molecule has 0 spiro atoms. The first-order chi connectivity index (χ1) is 6.22. The van der Waals surface area contributed by atoms with E-state index in [9.17, 15) is 0 Å². The van der Waals surface area contributed by atoms with Crippen LogP contribution in [0.1, 0.15) is 16.7 Å². The van der Waals surface area contributed by atoms with Crippen molar-refractivity contribution >= 4 is 0 Å². The maximum atomic E-state index is 5.39. The molecule has 0 radical (unpaired) electrons. The molecule has 0 atom stereocenters. The Morgan fingerprint density at radius 1 is 1.15 bits per heavy atom. The lowest BCUT2D eigenvalue weighted by molar-refractivity contribution is 0.694. The van der Waals surface area contributed by atoms with Crippen molar-refractivity contribution < 1.29 is 0 Å². The number of rotatable bonds is 4. The summed E-state index contributed by atoms with van der Waals surface area (Å²) in [5, 5.41) is 3.28. The fourth-order valence-corrected chi connectivity index (χ4v) is 1.51. The van der Waals surface area contributed by atoms with E-state index in [0.29, 0.717) is 6.54 Å². The maximum Gasteiger partial charge on any atom is 0.0206 e. The molecule has 1 aromatic carbocycles. The first kappa shape index (κ1) is 10.2. The van der Waals surface area contributed by atoms with Crippen molar-refractivity contribution in [2.24, 2.45) is 5.73 Å². The molecule has 0 aliphatic carbocycles. The average Bonchev–Trinajstić information content (AvgIpc) is 2.03. The van der Waals surface area contributed by atoms with Crippen LogP contribution in [0.5, 0.6) is 0 Å². The van der Waals surface area contributed by atoms with Gasteiger partial charge in [-0.3, -0.25) is 0 Å². The third-order valence-corrected chi connectivity index (χ3v) is 1.93. The molecule has 0 unspecified atom stereocenters. The SMILES string of the molecule is Cc1cc(C)cc(CNCCN)c1. The van der Waals surface area contributed by atoms with E-state index in [4.69, 9.17) is 5.73 Å². The van der Waals surface area contributed by atoms with E-state index in [1.165, 1.54) is 16.7 Å². The Bertz CT molecular complexity index is 249. The lowest BCUT2D eigenvalue weighted by atomic mass is 10.1. The molecule has 0 amide bonds.